The van der Waals surface area contributed by atoms with E-state index in [1.54, 1.807) is 25.3 Å². The number of carbonyl (C=O) groups excluding carboxylic acids is 2. The number of nitrogens with zero attached hydrogens (tertiary/aromatic N) is 1. The number of rotatable bonds is 5. The Hall–Kier alpha value is -2.92. The molecule has 2 bridgehead atoms. The van der Waals surface area contributed by atoms with Gasteiger partial charge in [-0.25, -0.2) is 13.1 Å². The van der Waals surface area contributed by atoms with E-state index in [1.807, 2.05) is 25.1 Å². The van der Waals surface area contributed by atoms with Gasteiger partial charge in [0, 0.05) is 55.8 Å². The molecular formula is C36H45ClN2O7S. The summed E-state index contributed by atoms with van der Waals surface area (Å²) < 4.78 is 47.6. The van der Waals surface area contributed by atoms with Gasteiger partial charge in [-0.3, -0.25) is 9.59 Å². The highest BCUT2D eigenvalue weighted by molar-refractivity contribution is 7.90. The molecule has 254 valence electrons. The number of aryl methyl sites for hydroxylation is 1. The summed E-state index contributed by atoms with van der Waals surface area (Å²) >= 11 is 6.42. The second-order valence-electron chi connectivity index (χ2n) is 13.8. The van der Waals surface area contributed by atoms with E-state index in [-0.39, 0.29) is 41.8 Å². The van der Waals surface area contributed by atoms with Crippen molar-refractivity contribution < 1.29 is 32.2 Å². The van der Waals surface area contributed by atoms with Crippen LogP contribution in [0.2, 0.25) is 5.02 Å². The smallest absolute Gasteiger partial charge is 0.264 e. The lowest BCUT2D eigenvalue weighted by atomic mass is 9.64. The molecular weight excluding hydrogens is 640 g/mol. The highest BCUT2D eigenvalue weighted by atomic mass is 35.5. The first-order valence-electron chi connectivity index (χ1n) is 16.6. The first-order valence-corrected chi connectivity index (χ1v) is 18.5. The number of hydrogen-bond donors (Lipinski definition) is 1. The normalized spacial score (nSPS) is 32.5. The van der Waals surface area contributed by atoms with Gasteiger partial charge in [0.25, 0.3) is 5.91 Å². The standard InChI is InChI=1S/C36H45ClN2O7S/c1-24-6-4-16-36(22-40,45-3)30-11-8-27(30)20-39-21-35(15-5-7-25-18-28(37)10-12-29(25)35)23-46-32-13-9-26(19-31(32)39)34(41)38-47(42,43)33(24)14-17-44-2/h4,9-10,12-13,16,18-19,22,24,27,30,33H,5-8,11,14-15,17,20-21,23H2,1-3H3,(H,38,41)/b16-4+/t24-,27-,30+,33+,35-,36-/m0/s1. The number of anilines is 1. The van der Waals surface area contributed by atoms with Gasteiger partial charge in [0.2, 0.25) is 10.0 Å². The maximum atomic E-state index is 13.7. The van der Waals surface area contributed by atoms with Crippen molar-refractivity contribution in [3.05, 3.63) is 70.3 Å². The molecule has 0 radical (unpaired) electrons. The molecule has 1 fully saturated rings. The quantitative estimate of drug-likeness (QED) is 0.326. The predicted molar refractivity (Wildman–Crippen MR) is 182 cm³/mol. The minimum Gasteiger partial charge on any atom is -0.490 e. The van der Waals surface area contributed by atoms with Gasteiger partial charge in [0.05, 0.1) is 17.5 Å². The first kappa shape index (κ1) is 34.0. The molecule has 2 aliphatic heterocycles. The fourth-order valence-electron chi connectivity index (χ4n) is 8.30. The number of halogens is 1. The van der Waals surface area contributed by atoms with Crippen LogP contribution in [0.3, 0.4) is 0 Å². The molecule has 1 spiro atoms. The SMILES string of the molecule is COCC[C@@H]1[C@@H](C)C/C=C/[C@@](C=O)(OC)[C@@H]2CC[C@H]2CN2C[C@@]3(CCCc4cc(Cl)ccc43)COc3ccc(cc32)C(=O)NS1(=O)=O. The zero-order chi connectivity index (χ0) is 33.4. The van der Waals surface area contributed by atoms with E-state index >= 15 is 0 Å². The first-order chi connectivity index (χ1) is 22.5. The maximum absolute atomic E-state index is 13.7. The van der Waals surface area contributed by atoms with Crippen molar-refractivity contribution in [2.75, 3.05) is 45.4 Å². The van der Waals surface area contributed by atoms with Crippen LogP contribution in [0.15, 0.2) is 48.6 Å². The summed E-state index contributed by atoms with van der Waals surface area (Å²) in [5.74, 6) is -0.330. The zero-order valence-corrected chi connectivity index (χ0v) is 28.9. The molecule has 0 unspecified atom stereocenters. The van der Waals surface area contributed by atoms with Crippen molar-refractivity contribution in [3.63, 3.8) is 0 Å². The van der Waals surface area contributed by atoms with Crippen LogP contribution >= 0.6 is 11.6 Å². The number of hydrogen-bond acceptors (Lipinski definition) is 8. The summed E-state index contributed by atoms with van der Waals surface area (Å²) in [5, 5.41) is -0.183. The number of carbonyl (C=O) groups is 2. The summed E-state index contributed by atoms with van der Waals surface area (Å²) in [7, 11) is -1.00. The lowest BCUT2D eigenvalue weighted by Crippen LogP contribution is -2.53. The zero-order valence-electron chi connectivity index (χ0n) is 27.4. The third-order valence-corrected chi connectivity index (χ3v) is 13.3. The fraction of sp³-hybridized carbons (Fsp3) is 0.556. The van der Waals surface area contributed by atoms with Gasteiger partial charge in [-0.1, -0.05) is 30.7 Å². The monoisotopic (exact) mass is 684 g/mol. The van der Waals surface area contributed by atoms with Crippen LogP contribution in [0.1, 0.15) is 66.9 Å². The molecule has 0 saturated heterocycles. The van der Waals surface area contributed by atoms with E-state index in [9.17, 15) is 18.0 Å². The van der Waals surface area contributed by atoms with Crippen LogP contribution in [-0.2, 0) is 36.1 Å². The third-order valence-electron chi connectivity index (χ3n) is 11.0. The second-order valence-corrected chi connectivity index (χ2v) is 16.2. The largest absolute Gasteiger partial charge is 0.490 e. The highest BCUT2D eigenvalue weighted by Gasteiger charge is 2.49. The van der Waals surface area contributed by atoms with Gasteiger partial charge >= 0.3 is 0 Å². The Morgan fingerprint density at radius 2 is 2.00 bits per heavy atom. The molecule has 1 N–H and O–H groups in total. The van der Waals surface area contributed by atoms with Crippen LogP contribution in [-0.4, -0.2) is 72.0 Å². The molecule has 9 nitrogen and oxygen atoms in total. The van der Waals surface area contributed by atoms with E-state index in [4.69, 9.17) is 25.8 Å². The molecule has 2 aliphatic carbocycles. The van der Waals surface area contributed by atoms with Crippen molar-refractivity contribution in [1.82, 2.24) is 4.72 Å². The number of amides is 1. The Balaban J connectivity index is 1.45. The van der Waals surface area contributed by atoms with Crippen LogP contribution in [0, 0.1) is 17.8 Å². The number of ether oxygens (including phenoxy) is 3. The van der Waals surface area contributed by atoms with Crippen molar-refractivity contribution in [2.24, 2.45) is 17.8 Å². The molecule has 2 aromatic rings. The molecule has 0 aromatic heterocycles. The lowest BCUT2D eigenvalue weighted by Gasteiger charge is -2.48. The minimum absolute atomic E-state index is 0.0648. The Bertz CT molecular complexity index is 1650. The van der Waals surface area contributed by atoms with Gasteiger partial charge in [-0.2, -0.15) is 0 Å². The summed E-state index contributed by atoms with van der Waals surface area (Å²) in [6.45, 7) is 3.77. The topological polar surface area (TPSA) is 111 Å². The van der Waals surface area contributed by atoms with Gasteiger partial charge in [0.15, 0.2) is 6.29 Å². The van der Waals surface area contributed by atoms with Crippen molar-refractivity contribution in [3.8, 4) is 5.75 Å². The Morgan fingerprint density at radius 1 is 1.17 bits per heavy atom. The number of nitrogens with one attached hydrogen (secondary N) is 1. The summed E-state index contributed by atoms with van der Waals surface area (Å²) in [4.78, 5) is 28.7. The Morgan fingerprint density at radius 3 is 2.72 bits per heavy atom. The summed E-state index contributed by atoms with van der Waals surface area (Å²) in [6, 6.07) is 11.3. The summed E-state index contributed by atoms with van der Waals surface area (Å²) in [6.07, 6.45) is 9.78. The molecule has 6 atom stereocenters. The van der Waals surface area contributed by atoms with E-state index in [1.165, 1.54) is 18.2 Å². The van der Waals surface area contributed by atoms with E-state index in [0.29, 0.717) is 36.9 Å². The number of methoxy groups -OCH3 is 2. The second kappa shape index (κ2) is 13.5. The minimum atomic E-state index is -4.09. The average molecular weight is 685 g/mol. The summed E-state index contributed by atoms with van der Waals surface area (Å²) in [5.41, 5.74) is 1.97. The van der Waals surface area contributed by atoms with Gasteiger partial charge < -0.3 is 19.1 Å². The van der Waals surface area contributed by atoms with Gasteiger partial charge in [-0.15, -0.1) is 0 Å². The fourth-order valence-corrected chi connectivity index (χ4v) is 10.2. The molecule has 11 heteroatoms. The molecule has 47 heavy (non-hydrogen) atoms. The van der Waals surface area contributed by atoms with Gasteiger partial charge in [0.1, 0.15) is 11.4 Å². The molecule has 6 rings (SSSR count). The van der Waals surface area contributed by atoms with Crippen LogP contribution in [0.4, 0.5) is 5.69 Å². The predicted octanol–water partition coefficient (Wildman–Crippen LogP) is 5.48. The maximum Gasteiger partial charge on any atom is 0.264 e. The van der Waals surface area contributed by atoms with Crippen LogP contribution < -0.4 is 14.4 Å². The van der Waals surface area contributed by atoms with Crippen molar-refractivity contribution in [2.45, 2.75) is 68.1 Å². The average Bonchev–Trinajstić information content (AvgIpc) is 3.18. The van der Waals surface area contributed by atoms with Crippen molar-refractivity contribution in [1.29, 1.82) is 0 Å². The Kier molecular flexibility index (Phi) is 9.78. The third kappa shape index (κ3) is 6.46. The molecule has 2 heterocycles. The number of allylic oxidation sites excluding steroid dienone is 1. The van der Waals surface area contributed by atoms with E-state index in [2.05, 4.69) is 21.8 Å². The highest BCUT2D eigenvalue weighted by Crippen LogP contribution is 2.48. The lowest BCUT2D eigenvalue weighted by molar-refractivity contribution is -0.135. The molecule has 2 aromatic carbocycles. The van der Waals surface area contributed by atoms with Crippen molar-refractivity contribution >= 4 is 39.5 Å². The molecule has 1 amide bonds. The number of aldehydes is 1. The van der Waals surface area contributed by atoms with E-state index in [0.717, 1.165) is 44.1 Å². The Labute approximate surface area is 283 Å². The van der Waals surface area contributed by atoms with E-state index < -0.39 is 26.8 Å². The number of sulfonamides is 1. The number of benzene rings is 2. The molecule has 4 aliphatic rings. The van der Waals surface area contributed by atoms with Crippen LogP contribution in [0.25, 0.3) is 0 Å². The molecule has 1 saturated carbocycles. The van der Waals surface area contributed by atoms with Crippen LogP contribution in [0.5, 0.6) is 5.75 Å². The number of fused-ring (bicyclic) bond motifs is 4. The van der Waals surface area contributed by atoms with Gasteiger partial charge in [-0.05, 0) is 104 Å².